The molecular weight excluding hydrogens is 372 g/mol. The number of rotatable bonds is 7. The molecule has 1 amide bonds. The van der Waals surface area contributed by atoms with Gasteiger partial charge in [0.25, 0.3) is 0 Å². The van der Waals surface area contributed by atoms with Gasteiger partial charge in [-0.25, -0.2) is 0 Å². The molecule has 8 heteroatoms. The Morgan fingerprint density at radius 3 is 2.79 bits per heavy atom. The number of nitrogens with one attached hydrogen (secondary N) is 1. The molecule has 140 valence electrons. The molecule has 0 bridgehead atoms. The molecule has 0 aliphatic rings. The van der Waals surface area contributed by atoms with Gasteiger partial charge in [0.05, 0.1) is 16.5 Å². The lowest BCUT2D eigenvalue weighted by molar-refractivity contribution is -0.115. The molecule has 0 aliphatic heterocycles. The molecule has 0 saturated heterocycles. The third-order valence-corrected chi connectivity index (χ3v) is 5.00. The zero-order chi connectivity index (χ0) is 19.9. The number of allylic oxidation sites excluding steroid dienone is 1. The van der Waals surface area contributed by atoms with Gasteiger partial charge in [-0.3, -0.25) is 14.3 Å². The van der Waals surface area contributed by atoms with Crippen molar-refractivity contribution >= 4 is 23.4 Å². The van der Waals surface area contributed by atoms with Gasteiger partial charge < -0.3 is 5.32 Å². The maximum Gasteiger partial charge on any atom is 0.237 e. The summed E-state index contributed by atoms with van der Waals surface area (Å²) in [6, 6.07) is 12.7. The van der Waals surface area contributed by atoms with Crippen molar-refractivity contribution in [3.63, 3.8) is 0 Å². The van der Waals surface area contributed by atoms with Gasteiger partial charge in [0, 0.05) is 24.5 Å². The van der Waals surface area contributed by atoms with Gasteiger partial charge in [-0.15, -0.1) is 16.8 Å². The molecular formula is C20H18N6OS. The second-order valence-electron chi connectivity index (χ2n) is 5.85. The Morgan fingerprint density at radius 1 is 1.32 bits per heavy atom. The van der Waals surface area contributed by atoms with E-state index in [4.69, 9.17) is 5.26 Å². The van der Waals surface area contributed by atoms with E-state index in [-0.39, 0.29) is 5.91 Å². The van der Waals surface area contributed by atoms with Gasteiger partial charge >= 0.3 is 0 Å². The average molecular weight is 390 g/mol. The van der Waals surface area contributed by atoms with Crippen molar-refractivity contribution < 1.29 is 4.79 Å². The number of carbonyl (C=O) groups excluding carboxylic acids is 1. The topological polar surface area (TPSA) is 96.5 Å². The van der Waals surface area contributed by atoms with E-state index in [0.717, 1.165) is 5.56 Å². The largest absolute Gasteiger partial charge is 0.324 e. The molecule has 2 heterocycles. The minimum Gasteiger partial charge on any atom is -0.324 e. The van der Waals surface area contributed by atoms with Crippen molar-refractivity contribution in [1.82, 2.24) is 19.7 Å². The number of hydrogen-bond acceptors (Lipinski definition) is 6. The monoisotopic (exact) mass is 390 g/mol. The maximum absolute atomic E-state index is 12.6. The molecule has 28 heavy (non-hydrogen) atoms. The SMILES string of the molecule is C=CCn1c(SC(C)C(=O)Nc2ccccc2C#N)nnc1-c1ccncc1. The van der Waals surface area contributed by atoms with Crippen LogP contribution >= 0.6 is 11.8 Å². The molecule has 0 fully saturated rings. The van der Waals surface area contributed by atoms with Crippen LogP contribution in [0.2, 0.25) is 0 Å². The van der Waals surface area contributed by atoms with E-state index >= 15 is 0 Å². The predicted molar refractivity (Wildman–Crippen MR) is 109 cm³/mol. The van der Waals surface area contributed by atoms with E-state index in [9.17, 15) is 4.79 Å². The fourth-order valence-corrected chi connectivity index (χ4v) is 3.38. The Balaban J connectivity index is 1.79. The van der Waals surface area contributed by atoms with Crippen LogP contribution in [-0.2, 0) is 11.3 Å². The Bertz CT molecular complexity index is 1020. The highest BCUT2D eigenvalue weighted by atomic mass is 32.2. The highest BCUT2D eigenvalue weighted by Gasteiger charge is 2.21. The molecule has 0 radical (unpaired) electrons. The van der Waals surface area contributed by atoms with Crippen LogP contribution in [0.3, 0.4) is 0 Å². The second kappa shape index (κ2) is 8.97. The number of pyridine rings is 1. The van der Waals surface area contributed by atoms with Crippen LogP contribution < -0.4 is 5.32 Å². The van der Waals surface area contributed by atoms with E-state index in [0.29, 0.717) is 28.8 Å². The molecule has 0 spiro atoms. The van der Waals surface area contributed by atoms with Crippen LogP contribution in [0.5, 0.6) is 0 Å². The molecule has 0 aliphatic carbocycles. The first-order valence-electron chi connectivity index (χ1n) is 8.55. The lowest BCUT2D eigenvalue weighted by Crippen LogP contribution is -2.23. The summed E-state index contributed by atoms with van der Waals surface area (Å²) in [5.74, 6) is 0.471. The number of nitriles is 1. The van der Waals surface area contributed by atoms with Crippen LogP contribution in [0.15, 0.2) is 66.6 Å². The summed E-state index contributed by atoms with van der Waals surface area (Å²) in [5, 5.41) is 20.7. The van der Waals surface area contributed by atoms with Crippen molar-refractivity contribution in [3.8, 4) is 17.5 Å². The van der Waals surface area contributed by atoms with Crippen LogP contribution in [0.4, 0.5) is 5.69 Å². The highest BCUT2D eigenvalue weighted by Crippen LogP contribution is 2.27. The van der Waals surface area contributed by atoms with Gasteiger partial charge in [0.2, 0.25) is 5.91 Å². The number of para-hydroxylation sites is 1. The van der Waals surface area contributed by atoms with Crippen LogP contribution in [0.1, 0.15) is 12.5 Å². The number of benzene rings is 1. The summed E-state index contributed by atoms with van der Waals surface area (Å²) in [6.07, 6.45) is 5.14. The first-order valence-corrected chi connectivity index (χ1v) is 9.43. The zero-order valence-corrected chi connectivity index (χ0v) is 16.1. The Morgan fingerprint density at radius 2 is 2.07 bits per heavy atom. The fraction of sp³-hybridized carbons (Fsp3) is 0.150. The molecule has 7 nitrogen and oxygen atoms in total. The minimum absolute atomic E-state index is 0.216. The summed E-state index contributed by atoms with van der Waals surface area (Å²) in [5.41, 5.74) is 1.80. The minimum atomic E-state index is -0.440. The van der Waals surface area contributed by atoms with Crippen molar-refractivity contribution in [2.75, 3.05) is 5.32 Å². The summed E-state index contributed by atoms with van der Waals surface area (Å²) in [7, 11) is 0. The maximum atomic E-state index is 12.6. The van der Waals surface area contributed by atoms with Crippen molar-refractivity contribution in [1.29, 1.82) is 5.26 Å². The average Bonchev–Trinajstić information content (AvgIpc) is 3.11. The summed E-state index contributed by atoms with van der Waals surface area (Å²) < 4.78 is 1.90. The van der Waals surface area contributed by atoms with E-state index in [1.54, 1.807) is 49.7 Å². The van der Waals surface area contributed by atoms with E-state index in [2.05, 4.69) is 33.1 Å². The molecule has 0 saturated carbocycles. The highest BCUT2D eigenvalue weighted by molar-refractivity contribution is 8.00. The van der Waals surface area contributed by atoms with Crippen LogP contribution in [0, 0.1) is 11.3 Å². The van der Waals surface area contributed by atoms with E-state index < -0.39 is 5.25 Å². The first kappa shape index (κ1) is 19.3. The summed E-state index contributed by atoms with van der Waals surface area (Å²) >= 11 is 1.30. The van der Waals surface area contributed by atoms with Gasteiger partial charge in [0.15, 0.2) is 11.0 Å². The first-order chi connectivity index (χ1) is 13.6. The Kier molecular flexibility index (Phi) is 6.19. The van der Waals surface area contributed by atoms with Gasteiger partial charge in [0.1, 0.15) is 6.07 Å². The fourth-order valence-electron chi connectivity index (χ4n) is 2.52. The third kappa shape index (κ3) is 4.27. The molecule has 3 aromatic rings. The van der Waals surface area contributed by atoms with Gasteiger partial charge in [-0.2, -0.15) is 5.26 Å². The van der Waals surface area contributed by atoms with Gasteiger partial charge in [-0.05, 0) is 31.2 Å². The van der Waals surface area contributed by atoms with E-state index in [1.807, 2.05) is 16.7 Å². The number of anilines is 1. The number of hydrogen-bond donors (Lipinski definition) is 1. The number of aromatic nitrogens is 4. The number of amides is 1. The molecule has 1 atom stereocenters. The molecule has 1 N–H and O–H groups in total. The lowest BCUT2D eigenvalue weighted by atomic mass is 10.2. The van der Waals surface area contributed by atoms with Crippen molar-refractivity contribution in [3.05, 3.63) is 67.0 Å². The quantitative estimate of drug-likeness (QED) is 0.490. The number of carbonyl (C=O) groups is 1. The lowest BCUT2D eigenvalue weighted by Gasteiger charge is -2.13. The Hall–Kier alpha value is -3.44. The molecule has 1 unspecified atom stereocenters. The molecule has 3 rings (SSSR count). The van der Waals surface area contributed by atoms with Crippen molar-refractivity contribution in [2.24, 2.45) is 0 Å². The Labute approximate surface area is 167 Å². The van der Waals surface area contributed by atoms with Gasteiger partial charge in [-0.1, -0.05) is 30.0 Å². The smallest absolute Gasteiger partial charge is 0.237 e. The van der Waals surface area contributed by atoms with Crippen molar-refractivity contribution in [2.45, 2.75) is 23.9 Å². The normalized spacial score (nSPS) is 11.4. The number of nitrogens with zero attached hydrogens (tertiary/aromatic N) is 5. The zero-order valence-electron chi connectivity index (χ0n) is 15.2. The number of thioether (sulfide) groups is 1. The summed E-state index contributed by atoms with van der Waals surface area (Å²) in [6.45, 7) is 6.09. The predicted octanol–water partition coefficient (Wildman–Crippen LogP) is 3.52. The molecule has 1 aromatic carbocycles. The van der Waals surface area contributed by atoms with Crippen LogP contribution in [-0.4, -0.2) is 30.9 Å². The summed E-state index contributed by atoms with van der Waals surface area (Å²) in [4.78, 5) is 16.6. The van der Waals surface area contributed by atoms with E-state index in [1.165, 1.54) is 11.8 Å². The van der Waals surface area contributed by atoms with Crippen LogP contribution in [0.25, 0.3) is 11.4 Å². The standard InChI is InChI=1S/C20H18N6OS/c1-3-12-26-18(15-8-10-22-11-9-15)24-25-20(26)28-14(2)19(27)23-17-7-5-4-6-16(17)13-21/h3-11,14H,1,12H2,2H3,(H,23,27). The second-order valence-corrected chi connectivity index (χ2v) is 7.16. The molecule has 2 aromatic heterocycles. The third-order valence-electron chi connectivity index (χ3n) is 3.92.